The molecule has 3 rings (SSSR count). The second kappa shape index (κ2) is 5.59. The fourth-order valence-electron chi connectivity index (χ4n) is 3.48. The largest absolute Gasteiger partial charge is 0.396 e. The van der Waals surface area contributed by atoms with Crippen molar-refractivity contribution in [3.8, 4) is 0 Å². The van der Waals surface area contributed by atoms with E-state index in [9.17, 15) is 5.11 Å². The minimum atomic E-state index is -0.173. The molecule has 3 N–H and O–H groups in total. The van der Waals surface area contributed by atoms with E-state index in [4.69, 9.17) is 15.2 Å². The molecule has 1 aromatic carbocycles. The first kappa shape index (κ1) is 13.1. The molecule has 19 heavy (non-hydrogen) atoms. The van der Waals surface area contributed by atoms with Crippen LogP contribution in [0.2, 0.25) is 0 Å². The summed E-state index contributed by atoms with van der Waals surface area (Å²) in [5.41, 5.74) is 7.57. The minimum absolute atomic E-state index is 0.0369. The molecule has 104 valence electrons. The van der Waals surface area contributed by atoms with Crippen LogP contribution in [0.3, 0.4) is 0 Å². The first-order valence-electron chi connectivity index (χ1n) is 6.96. The van der Waals surface area contributed by atoms with Crippen molar-refractivity contribution < 1.29 is 14.6 Å². The van der Waals surface area contributed by atoms with Gasteiger partial charge in [0, 0.05) is 24.5 Å². The molecule has 1 saturated heterocycles. The summed E-state index contributed by atoms with van der Waals surface area (Å²) in [4.78, 5) is 0. The van der Waals surface area contributed by atoms with Gasteiger partial charge in [-0.1, -0.05) is 30.3 Å². The van der Waals surface area contributed by atoms with Gasteiger partial charge in [-0.05, 0) is 17.9 Å². The molecule has 1 heterocycles. The van der Waals surface area contributed by atoms with Gasteiger partial charge < -0.3 is 20.3 Å². The topological polar surface area (TPSA) is 64.7 Å². The molecule has 4 nitrogen and oxygen atoms in total. The number of nitrogens with two attached hydrogens (primary N) is 1. The summed E-state index contributed by atoms with van der Waals surface area (Å²) in [6.45, 7) is 1.44. The summed E-state index contributed by atoms with van der Waals surface area (Å²) in [7, 11) is 0. The second-order valence-corrected chi connectivity index (χ2v) is 5.47. The van der Waals surface area contributed by atoms with Crippen LogP contribution in [-0.4, -0.2) is 37.3 Å². The Labute approximate surface area is 113 Å². The molecule has 0 amide bonds. The number of aliphatic hydroxyl groups excluding tert-OH is 1. The molecular formula is C15H21NO3. The van der Waals surface area contributed by atoms with Crippen molar-refractivity contribution in [2.75, 3.05) is 19.8 Å². The predicted octanol–water partition coefficient (Wildman–Crippen LogP) is 1.10. The zero-order chi connectivity index (χ0) is 13.2. The zero-order valence-corrected chi connectivity index (χ0v) is 10.9. The lowest BCUT2D eigenvalue weighted by Crippen LogP contribution is -2.34. The van der Waals surface area contributed by atoms with Crippen LogP contribution >= 0.6 is 0 Å². The van der Waals surface area contributed by atoms with Crippen LogP contribution in [0.5, 0.6) is 0 Å². The Bertz CT molecular complexity index is 405. The molecule has 4 heteroatoms. The van der Waals surface area contributed by atoms with Gasteiger partial charge in [0.1, 0.15) is 0 Å². The molecule has 0 aromatic heterocycles. The maximum Gasteiger partial charge on any atom is 0.161 e. The highest BCUT2D eigenvalue weighted by molar-refractivity contribution is 5.25. The molecule has 4 atom stereocenters. The summed E-state index contributed by atoms with van der Waals surface area (Å²) in [5, 5.41) is 9.50. The van der Waals surface area contributed by atoms with Crippen molar-refractivity contribution in [1.82, 2.24) is 0 Å². The highest BCUT2D eigenvalue weighted by atomic mass is 16.7. The predicted molar refractivity (Wildman–Crippen MR) is 71.5 cm³/mol. The van der Waals surface area contributed by atoms with Crippen LogP contribution < -0.4 is 5.73 Å². The molecule has 1 aliphatic carbocycles. The quantitative estimate of drug-likeness (QED) is 0.857. The third kappa shape index (κ3) is 2.41. The number of benzene rings is 1. The van der Waals surface area contributed by atoms with E-state index in [0.29, 0.717) is 13.2 Å². The van der Waals surface area contributed by atoms with Gasteiger partial charge in [-0.25, -0.2) is 0 Å². The highest BCUT2D eigenvalue weighted by Gasteiger charge is 2.46. The molecule has 1 aliphatic heterocycles. The first-order chi connectivity index (χ1) is 9.31. The molecule has 1 saturated carbocycles. The first-order valence-corrected chi connectivity index (χ1v) is 6.96. The van der Waals surface area contributed by atoms with Gasteiger partial charge in [0.25, 0.3) is 0 Å². The Morgan fingerprint density at radius 1 is 1.16 bits per heavy atom. The highest BCUT2D eigenvalue weighted by Crippen LogP contribution is 2.45. The van der Waals surface area contributed by atoms with Gasteiger partial charge in [-0.2, -0.15) is 0 Å². The van der Waals surface area contributed by atoms with Crippen molar-refractivity contribution in [3.05, 3.63) is 35.9 Å². The van der Waals surface area contributed by atoms with Gasteiger partial charge in [-0.15, -0.1) is 0 Å². The van der Waals surface area contributed by atoms with E-state index in [0.717, 1.165) is 6.42 Å². The summed E-state index contributed by atoms with van der Waals surface area (Å²) in [5.74, 6) is 0.557. The molecule has 0 spiro atoms. The van der Waals surface area contributed by atoms with Crippen LogP contribution in [0.1, 0.15) is 17.9 Å². The number of aliphatic hydroxyl groups is 1. The molecule has 2 fully saturated rings. The molecule has 1 aromatic rings. The summed E-state index contributed by atoms with van der Waals surface area (Å²) >= 11 is 0. The standard InChI is InChI=1S/C15H21NO3/c16-14-11(9-17)8-12(15-18-6-7-19-15)13(14)10-4-2-1-3-5-10/h1-5,11-15,17H,6-9,16H2/t11-,12+,13+,14-/m0/s1. The third-order valence-corrected chi connectivity index (χ3v) is 4.41. The average molecular weight is 263 g/mol. The van der Waals surface area contributed by atoms with E-state index in [1.807, 2.05) is 18.2 Å². The van der Waals surface area contributed by atoms with Crippen LogP contribution in [0.4, 0.5) is 0 Å². The summed E-state index contributed by atoms with van der Waals surface area (Å²) < 4.78 is 11.3. The molecule has 0 bridgehead atoms. The average Bonchev–Trinajstić information content (AvgIpc) is 3.07. The Morgan fingerprint density at radius 2 is 1.84 bits per heavy atom. The minimum Gasteiger partial charge on any atom is -0.396 e. The Balaban J connectivity index is 1.88. The molecule has 0 radical (unpaired) electrons. The summed E-state index contributed by atoms with van der Waals surface area (Å²) in [6.07, 6.45) is 0.690. The number of rotatable bonds is 3. The smallest absolute Gasteiger partial charge is 0.161 e. The Kier molecular flexibility index (Phi) is 3.84. The van der Waals surface area contributed by atoms with E-state index in [1.54, 1.807) is 0 Å². The van der Waals surface area contributed by atoms with Gasteiger partial charge in [0.15, 0.2) is 6.29 Å². The van der Waals surface area contributed by atoms with Crippen LogP contribution in [0, 0.1) is 11.8 Å². The Morgan fingerprint density at radius 3 is 2.47 bits per heavy atom. The van der Waals surface area contributed by atoms with Gasteiger partial charge in [0.2, 0.25) is 0 Å². The van der Waals surface area contributed by atoms with Gasteiger partial charge >= 0.3 is 0 Å². The monoisotopic (exact) mass is 263 g/mol. The van der Waals surface area contributed by atoms with Gasteiger partial charge in [0.05, 0.1) is 13.2 Å². The van der Waals surface area contributed by atoms with Crippen molar-refractivity contribution in [3.63, 3.8) is 0 Å². The summed E-state index contributed by atoms with van der Waals surface area (Å²) in [6, 6.07) is 10.2. The fourth-order valence-corrected chi connectivity index (χ4v) is 3.48. The van der Waals surface area contributed by atoms with E-state index in [-0.39, 0.29) is 36.7 Å². The van der Waals surface area contributed by atoms with Crippen LogP contribution in [0.15, 0.2) is 30.3 Å². The fraction of sp³-hybridized carbons (Fsp3) is 0.600. The lowest BCUT2D eigenvalue weighted by atomic mass is 9.86. The molecule has 2 aliphatic rings. The van der Waals surface area contributed by atoms with Crippen molar-refractivity contribution in [2.24, 2.45) is 17.6 Å². The number of ether oxygens (including phenoxy) is 2. The zero-order valence-electron chi connectivity index (χ0n) is 10.9. The maximum absolute atomic E-state index is 9.50. The van der Waals surface area contributed by atoms with Crippen molar-refractivity contribution >= 4 is 0 Å². The van der Waals surface area contributed by atoms with Gasteiger partial charge in [-0.3, -0.25) is 0 Å². The maximum atomic E-state index is 9.50. The van der Waals surface area contributed by atoms with Crippen molar-refractivity contribution in [2.45, 2.75) is 24.7 Å². The third-order valence-electron chi connectivity index (χ3n) is 4.41. The van der Waals surface area contributed by atoms with E-state index < -0.39 is 0 Å². The lowest BCUT2D eigenvalue weighted by molar-refractivity contribution is -0.0872. The second-order valence-electron chi connectivity index (χ2n) is 5.47. The normalized spacial score (nSPS) is 35.9. The van der Waals surface area contributed by atoms with E-state index in [2.05, 4.69) is 12.1 Å². The van der Waals surface area contributed by atoms with E-state index >= 15 is 0 Å². The Hall–Kier alpha value is -0.940. The van der Waals surface area contributed by atoms with E-state index in [1.165, 1.54) is 5.56 Å². The van der Waals surface area contributed by atoms with Crippen LogP contribution in [-0.2, 0) is 9.47 Å². The number of hydrogen-bond acceptors (Lipinski definition) is 4. The SMILES string of the molecule is N[C@H]1[C@H](CO)C[C@@H](C2OCCO2)[C@H]1c1ccccc1. The number of hydrogen-bond donors (Lipinski definition) is 2. The lowest BCUT2D eigenvalue weighted by Gasteiger charge is -2.27. The van der Waals surface area contributed by atoms with Crippen molar-refractivity contribution in [1.29, 1.82) is 0 Å². The molecular weight excluding hydrogens is 242 g/mol. The van der Waals surface area contributed by atoms with Crippen LogP contribution in [0.25, 0.3) is 0 Å². The molecule has 0 unspecified atom stereocenters.